The molecule has 1 aromatic heterocycles. The number of nitrogens with zero attached hydrogens (tertiary/aromatic N) is 2. The summed E-state index contributed by atoms with van der Waals surface area (Å²) in [6.07, 6.45) is -1.80. The second kappa shape index (κ2) is 7.34. The van der Waals surface area contributed by atoms with Gasteiger partial charge in [0.2, 0.25) is 0 Å². The van der Waals surface area contributed by atoms with Gasteiger partial charge in [0.15, 0.2) is 0 Å². The Morgan fingerprint density at radius 3 is 2.48 bits per heavy atom. The maximum Gasteiger partial charge on any atom is 0.418 e. The quantitative estimate of drug-likeness (QED) is 0.508. The molecule has 27 heavy (non-hydrogen) atoms. The van der Waals surface area contributed by atoms with Gasteiger partial charge in [0.1, 0.15) is 0 Å². The van der Waals surface area contributed by atoms with Gasteiger partial charge in [-0.25, -0.2) is 4.98 Å². The molecule has 0 fully saturated rings. The molecule has 8 heteroatoms. The van der Waals surface area contributed by atoms with Gasteiger partial charge in [0.25, 0.3) is 5.91 Å². The predicted octanol–water partition coefficient (Wildman–Crippen LogP) is 5.36. The van der Waals surface area contributed by atoms with E-state index in [9.17, 15) is 18.0 Å². The van der Waals surface area contributed by atoms with Crippen molar-refractivity contribution in [3.63, 3.8) is 0 Å². The molecule has 0 aliphatic rings. The zero-order chi connectivity index (χ0) is 19.8. The van der Waals surface area contributed by atoms with Gasteiger partial charge >= 0.3 is 6.18 Å². The highest BCUT2D eigenvalue weighted by atomic mass is 127. The number of hydrogen-bond donors (Lipinski definition) is 1. The van der Waals surface area contributed by atoms with Crippen LogP contribution in [0.15, 0.2) is 48.9 Å². The Hall–Kier alpha value is -2.36. The molecule has 1 amide bonds. The number of aromatic nitrogens is 2. The van der Waals surface area contributed by atoms with Gasteiger partial charge in [0.05, 0.1) is 23.3 Å². The fraction of sp³-hybridized carbons (Fsp3) is 0.158. The van der Waals surface area contributed by atoms with E-state index in [2.05, 4.69) is 32.9 Å². The van der Waals surface area contributed by atoms with E-state index in [1.807, 2.05) is 13.0 Å². The van der Waals surface area contributed by atoms with Crippen LogP contribution >= 0.6 is 22.6 Å². The zero-order valence-corrected chi connectivity index (χ0v) is 16.6. The van der Waals surface area contributed by atoms with Crippen molar-refractivity contribution in [2.24, 2.45) is 0 Å². The number of anilines is 1. The monoisotopic (exact) mass is 485 g/mol. The largest absolute Gasteiger partial charge is 0.418 e. The molecule has 3 aromatic rings. The van der Waals surface area contributed by atoms with Gasteiger partial charge < -0.3 is 9.88 Å². The lowest BCUT2D eigenvalue weighted by molar-refractivity contribution is -0.137. The Bertz CT molecular complexity index is 1010. The normalized spacial score (nSPS) is 11.5. The number of carbonyl (C=O) groups excluding carboxylic acids is 1. The molecule has 0 bridgehead atoms. The molecule has 1 N–H and O–H groups in total. The van der Waals surface area contributed by atoms with E-state index in [0.717, 1.165) is 15.2 Å². The molecule has 3 rings (SSSR count). The Morgan fingerprint density at radius 2 is 1.89 bits per heavy atom. The van der Waals surface area contributed by atoms with Gasteiger partial charge in [-0.1, -0.05) is 6.07 Å². The molecule has 0 atom stereocenters. The van der Waals surface area contributed by atoms with E-state index < -0.39 is 17.6 Å². The fourth-order valence-electron chi connectivity index (χ4n) is 2.56. The Morgan fingerprint density at radius 1 is 1.15 bits per heavy atom. The Labute approximate surface area is 167 Å². The van der Waals surface area contributed by atoms with Crippen LogP contribution in [-0.2, 0) is 6.18 Å². The maximum absolute atomic E-state index is 13.5. The molecular weight excluding hydrogens is 470 g/mol. The second-order valence-electron chi connectivity index (χ2n) is 6.07. The molecule has 0 saturated heterocycles. The van der Waals surface area contributed by atoms with Crippen molar-refractivity contribution in [1.82, 2.24) is 9.55 Å². The topological polar surface area (TPSA) is 46.9 Å². The highest BCUT2D eigenvalue weighted by Gasteiger charge is 2.35. The van der Waals surface area contributed by atoms with Gasteiger partial charge in [-0.3, -0.25) is 4.79 Å². The minimum atomic E-state index is -4.61. The lowest BCUT2D eigenvalue weighted by atomic mass is 10.1. The van der Waals surface area contributed by atoms with Crippen LogP contribution in [0, 0.1) is 17.4 Å². The summed E-state index contributed by atoms with van der Waals surface area (Å²) in [5.41, 5.74) is 1.12. The molecule has 0 spiro atoms. The molecule has 0 saturated carbocycles. The summed E-state index contributed by atoms with van der Waals surface area (Å²) in [6, 6.07) is 8.82. The number of hydrogen-bond acceptors (Lipinski definition) is 2. The Kier molecular flexibility index (Phi) is 5.27. The third kappa shape index (κ3) is 4.32. The molecule has 140 valence electrons. The molecule has 0 aliphatic heterocycles. The summed E-state index contributed by atoms with van der Waals surface area (Å²) in [7, 11) is 0. The van der Waals surface area contributed by atoms with Crippen molar-refractivity contribution in [3.05, 3.63) is 74.9 Å². The lowest BCUT2D eigenvalue weighted by Gasteiger charge is -2.15. The molecule has 1 heterocycles. The number of nitrogens with one attached hydrogen (secondary N) is 1. The molecule has 0 aliphatic carbocycles. The first kappa shape index (κ1) is 19.4. The second-order valence-corrected chi connectivity index (χ2v) is 7.23. The fourth-order valence-corrected chi connectivity index (χ4v) is 3.07. The first-order valence-electron chi connectivity index (χ1n) is 7.95. The number of benzene rings is 2. The molecule has 0 radical (unpaired) electrons. The highest BCUT2D eigenvalue weighted by molar-refractivity contribution is 14.1. The number of carbonyl (C=O) groups is 1. The molecule has 2 aromatic carbocycles. The van der Waals surface area contributed by atoms with Crippen LogP contribution < -0.4 is 5.32 Å². The van der Waals surface area contributed by atoms with Gasteiger partial charge in [-0.15, -0.1) is 0 Å². The van der Waals surface area contributed by atoms with Gasteiger partial charge in [0, 0.05) is 21.0 Å². The van der Waals surface area contributed by atoms with E-state index >= 15 is 0 Å². The van der Waals surface area contributed by atoms with Crippen LogP contribution in [0.3, 0.4) is 0 Å². The minimum Gasteiger partial charge on any atom is -0.322 e. The van der Waals surface area contributed by atoms with Crippen LogP contribution in [0.4, 0.5) is 18.9 Å². The number of aryl methyl sites for hydroxylation is 2. The van der Waals surface area contributed by atoms with Crippen molar-refractivity contribution in [2.45, 2.75) is 20.0 Å². The number of amides is 1. The third-order valence-corrected chi connectivity index (χ3v) is 5.15. The van der Waals surface area contributed by atoms with E-state index in [-0.39, 0.29) is 11.3 Å². The lowest BCUT2D eigenvalue weighted by Crippen LogP contribution is -2.16. The minimum absolute atomic E-state index is 0.0708. The number of halogens is 4. The first-order chi connectivity index (χ1) is 12.6. The molecule has 0 unspecified atom stereocenters. The standard InChI is InChI=1S/C19H15F3IN3O/c1-11-3-5-14(8-16(11)23)25-18(27)13-4-6-17(15(7-13)19(20,21)22)26-9-12(2)24-10-26/h3-10H,1-2H3,(H,25,27). The van der Waals surface area contributed by atoms with Crippen LogP contribution in [0.1, 0.15) is 27.2 Å². The van der Waals surface area contributed by atoms with Crippen LogP contribution in [0.25, 0.3) is 5.69 Å². The number of imidazole rings is 1. The first-order valence-corrected chi connectivity index (χ1v) is 9.03. The average Bonchev–Trinajstić information content (AvgIpc) is 3.03. The van der Waals surface area contributed by atoms with Crippen molar-refractivity contribution in [3.8, 4) is 5.69 Å². The van der Waals surface area contributed by atoms with Crippen molar-refractivity contribution in [2.75, 3.05) is 5.32 Å². The summed E-state index contributed by atoms with van der Waals surface area (Å²) < 4.78 is 42.9. The van der Waals surface area contributed by atoms with E-state index in [4.69, 9.17) is 0 Å². The van der Waals surface area contributed by atoms with Crippen molar-refractivity contribution >= 4 is 34.2 Å². The summed E-state index contributed by atoms with van der Waals surface area (Å²) in [4.78, 5) is 16.4. The predicted molar refractivity (Wildman–Crippen MR) is 105 cm³/mol. The van der Waals surface area contributed by atoms with Crippen LogP contribution in [0.2, 0.25) is 0 Å². The Balaban J connectivity index is 1.96. The number of rotatable bonds is 3. The smallest absolute Gasteiger partial charge is 0.322 e. The zero-order valence-electron chi connectivity index (χ0n) is 14.4. The van der Waals surface area contributed by atoms with Gasteiger partial charge in [-0.05, 0) is 72.3 Å². The summed E-state index contributed by atoms with van der Waals surface area (Å²) in [5.74, 6) is -0.603. The number of alkyl halides is 3. The van der Waals surface area contributed by atoms with Gasteiger partial charge in [-0.2, -0.15) is 13.2 Å². The third-order valence-electron chi connectivity index (χ3n) is 3.98. The van der Waals surface area contributed by atoms with Crippen molar-refractivity contribution in [1.29, 1.82) is 0 Å². The summed E-state index contributed by atoms with van der Waals surface area (Å²) in [6.45, 7) is 3.62. The summed E-state index contributed by atoms with van der Waals surface area (Å²) >= 11 is 2.13. The van der Waals surface area contributed by atoms with Crippen molar-refractivity contribution < 1.29 is 18.0 Å². The molecular formula is C19H15F3IN3O. The van der Waals surface area contributed by atoms with E-state index in [0.29, 0.717) is 11.4 Å². The van der Waals surface area contributed by atoms with E-state index in [1.54, 1.807) is 19.1 Å². The van der Waals surface area contributed by atoms with Crippen LogP contribution in [-0.4, -0.2) is 15.5 Å². The summed E-state index contributed by atoms with van der Waals surface area (Å²) in [5, 5.41) is 2.64. The highest BCUT2D eigenvalue weighted by Crippen LogP contribution is 2.35. The SMILES string of the molecule is Cc1cn(-c2ccc(C(=O)Nc3ccc(C)c(I)c3)cc2C(F)(F)F)cn1. The molecule has 4 nitrogen and oxygen atoms in total. The maximum atomic E-state index is 13.5. The van der Waals surface area contributed by atoms with Crippen LogP contribution in [0.5, 0.6) is 0 Å². The average molecular weight is 485 g/mol. The van der Waals surface area contributed by atoms with E-state index in [1.165, 1.54) is 29.2 Å².